The molecule has 112 valence electrons. The van der Waals surface area contributed by atoms with Crippen molar-refractivity contribution in [2.24, 2.45) is 0 Å². The summed E-state index contributed by atoms with van der Waals surface area (Å²) < 4.78 is 6.34. The van der Waals surface area contributed by atoms with Crippen LogP contribution in [0.15, 0.2) is 53.0 Å². The zero-order valence-corrected chi connectivity index (χ0v) is 14.4. The first-order valence-electron chi connectivity index (χ1n) is 7.29. The zero-order valence-electron chi connectivity index (χ0n) is 12.8. The Morgan fingerprint density at radius 3 is 2.38 bits per heavy atom. The fourth-order valence-corrected chi connectivity index (χ4v) is 2.88. The Balaban J connectivity index is 2.10. The topological polar surface area (TPSA) is 21.3 Å². The summed E-state index contributed by atoms with van der Waals surface area (Å²) in [4.78, 5) is 0. The van der Waals surface area contributed by atoms with Crippen molar-refractivity contribution in [1.29, 1.82) is 0 Å². The lowest BCUT2D eigenvalue weighted by Crippen LogP contribution is -2.24. The number of hydrogen-bond donors (Lipinski definition) is 1. The maximum Gasteiger partial charge on any atom is 0.118 e. The zero-order chi connectivity index (χ0) is 15.2. The third-order valence-electron chi connectivity index (χ3n) is 3.73. The van der Waals surface area contributed by atoms with Gasteiger partial charge < -0.3 is 10.1 Å². The minimum Gasteiger partial charge on any atom is -0.497 e. The standard InChI is InChI=1S/C18H22BrNO/c1-4-18(14-8-10-17(21-3)11-9-14)20-13(2)15-6-5-7-16(19)12-15/h5-13,18,20H,4H2,1-3H3. The lowest BCUT2D eigenvalue weighted by Gasteiger charge is -2.23. The fourth-order valence-electron chi connectivity index (χ4n) is 2.46. The molecule has 0 aliphatic heterocycles. The maximum atomic E-state index is 5.22. The molecule has 2 aromatic rings. The van der Waals surface area contributed by atoms with Gasteiger partial charge in [0.15, 0.2) is 0 Å². The van der Waals surface area contributed by atoms with Crippen molar-refractivity contribution in [1.82, 2.24) is 5.32 Å². The number of halogens is 1. The quantitative estimate of drug-likeness (QED) is 0.769. The predicted molar refractivity (Wildman–Crippen MR) is 91.7 cm³/mol. The molecule has 0 aliphatic carbocycles. The second kappa shape index (κ2) is 7.62. The summed E-state index contributed by atoms with van der Waals surface area (Å²) in [6.07, 6.45) is 1.05. The van der Waals surface area contributed by atoms with E-state index in [2.05, 4.69) is 71.5 Å². The van der Waals surface area contributed by atoms with Gasteiger partial charge in [-0.15, -0.1) is 0 Å². The lowest BCUT2D eigenvalue weighted by atomic mass is 10.0. The van der Waals surface area contributed by atoms with Crippen molar-refractivity contribution in [3.05, 3.63) is 64.1 Å². The molecule has 2 atom stereocenters. The number of rotatable bonds is 6. The molecule has 0 bridgehead atoms. The van der Waals surface area contributed by atoms with Crippen molar-refractivity contribution in [2.75, 3.05) is 7.11 Å². The van der Waals surface area contributed by atoms with Gasteiger partial charge in [0.05, 0.1) is 7.11 Å². The molecule has 2 rings (SSSR count). The van der Waals surface area contributed by atoms with Gasteiger partial charge in [-0.1, -0.05) is 47.1 Å². The van der Waals surface area contributed by atoms with Crippen molar-refractivity contribution in [3.8, 4) is 5.75 Å². The molecule has 0 saturated heterocycles. The molecule has 1 N–H and O–H groups in total. The highest BCUT2D eigenvalue weighted by molar-refractivity contribution is 9.10. The minimum absolute atomic E-state index is 0.301. The van der Waals surface area contributed by atoms with E-state index in [4.69, 9.17) is 4.74 Å². The maximum absolute atomic E-state index is 5.22. The molecular weight excluding hydrogens is 326 g/mol. The number of nitrogens with one attached hydrogen (secondary N) is 1. The second-order valence-electron chi connectivity index (χ2n) is 5.18. The molecule has 2 aromatic carbocycles. The van der Waals surface area contributed by atoms with Crippen LogP contribution >= 0.6 is 15.9 Å². The van der Waals surface area contributed by atoms with Crippen LogP contribution in [-0.2, 0) is 0 Å². The molecule has 0 radical (unpaired) electrons. The van der Waals surface area contributed by atoms with E-state index < -0.39 is 0 Å². The van der Waals surface area contributed by atoms with E-state index in [1.54, 1.807) is 7.11 Å². The number of benzene rings is 2. The first kappa shape index (κ1) is 16.1. The molecule has 0 heterocycles. The molecule has 2 unspecified atom stereocenters. The third kappa shape index (κ3) is 4.32. The Kier molecular flexibility index (Phi) is 5.83. The van der Waals surface area contributed by atoms with Crippen LogP contribution in [0.2, 0.25) is 0 Å². The van der Waals surface area contributed by atoms with Crippen LogP contribution in [0.4, 0.5) is 0 Å². The van der Waals surface area contributed by atoms with E-state index in [0.717, 1.165) is 16.6 Å². The monoisotopic (exact) mass is 347 g/mol. The summed E-state index contributed by atoms with van der Waals surface area (Å²) in [7, 11) is 1.69. The molecule has 0 fully saturated rings. The summed E-state index contributed by atoms with van der Waals surface area (Å²) in [6, 6.07) is 17.4. The Morgan fingerprint density at radius 2 is 1.81 bits per heavy atom. The van der Waals surface area contributed by atoms with Gasteiger partial charge in [0.25, 0.3) is 0 Å². The molecule has 0 aromatic heterocycles. The van der Waals surface area contributed by atoms with Crippen molar-refractivity contribution >= 4 is 15.9 Å². The summed E-state index contributed by atoms with van der Waals surface area (Å²) >= 11 is 3.53. The third-order valence-corrected chi connectivity index (χ3v) is 4.22. The van der Waals surface area contributed by atoms with Crippen LogP contribution in [0.25, 0.3) is 0 Å². The Bertz CT molecular complexity index is 568. The number of hydrogen-bond acceptors (Lipinski definition) is 2. The van der Waals surface area contributed by atoms with Crippen molar-refractivity contribution in [3.63, 3.8) is 0 Å². The van der Waals surface area contributed by atoms with Crippen LogP contribution in [0.3, 0.4) is 0 Å². The van der Waals surface area contributed by atoms with E-state index in [9.17, 15) is 0 Å². The predicted octanol–water partition coefficient (Wildman–Crippen LogP) is 5.26. The van der Waals surface area contributed by atoms with Gasteiger partial charge in [0.2, 0.25) is 0 Å². The van der Waals surface area contributed by atoms with E-state index in [-0.39, 0.29) is 0 Å². The molecular formula is C18H22BrNO. The van der Waals surface area contributed by atoms with Gasteiger partial charge in [-0.3, -0.25) is 0 Å². The highest BCUT2D eigenvalue weighted by atomic mass is 79.9. The highest BCUT2D eigenvalue weighted by Gasteiger charge is 2.14. The minimum atomic E-state index is 0.301. The van der Waals surface area contributed by atoms with Gasteiger partial charge in [0.1, 0.15) is 5.75 Å². The van der Waals surface area contributed by atoms with Crippen LogP contribution in [-0.4, -0.2) is 7.11 Å². The Hall–Kier alpha value is -1.32. The van der Waals surface area contributed by atoms with Crippen LogP contribution in [0, 0.1) is 0 Å². The van der Waals surface area contributed by atoms with Gasteiger partial charge in [-0.05, 0) is 48.7 Å². The van der Waals surface area contributed by atoms with Crippen LogP contribution < -0.4 is 10.1 Å². The Morgan fingerprint density at radius 1 is 1.10 bits per heavy atom. The molecule has 0 aliphatic rings. The van der Waals surface area contributed by atoms with Gasteiger partial charge in [0, 0.05) is 16.6 Å². The van der Waals surface area contributed by atoms with Gasteiger partial charge in [-0.25, -0.2) is 0 Å². The van der Waals surface area contributed by atoms with E-state index >= 15 is 0 Å². The van der Waals surface area contributed by atoms with Crippen LogP contribution in [0.5, 0.6) is 5.75 Å². The number of ether oxygens (including phenoxy) is 1. The van der Waals surface area contributed by atoms with Crippen molar-refractivity contribution < 1.29 is 4.74 Å². The second-order valence-corrected chi connectivity index (χ2v) is 6.09. The molecule has 3 heteroatoms. The molecule has 21 heavy (non-hydrogen) atoms. The summed E-state index contributed by atoms with van der Waals surface area (Å²) in [6.45, 7) is 4.41. The fraction of sp³-hybridized carbons (Fsp3) is 0.333. The van der Waals surface area contributed by atoms with Gasteiger partial charge >= 0.3 is 0 Å². The largest absolute Gasteiger partial charge is 0.497 e. The molecule has 0 amide bonds. The summed E-state index contributed by atoms with van der Waals surface area (Å²) in [5.41, 5.74) is 2.58. The SMILES string of the molecule is CCC(NC(C)c1cccc(Br)c1)c1ccc(OC)cc1. The average molecular weight is 348 g/mol. The van der Waals surface area contributed by atoms with E-state index in [1.165, 1.54) is 11.1 Å². The van der Waals surface area contributed by atoms with Gasteiger partial charge in [-0.2, -0.15) is 0 Å². The first-order valence-corrected chi connectivity index (χ1v) is 8.08. The molecule has 2 nitrogen and oxygen atoms in total. The summed E-state index contributed by atoms with van der Waals surface area (Å²) in [5.74, 6) is 0.897. The molecule has 0 saturated carbocycles. The lowest BCUT2D eigenvalue weighted by molar-refractivity contribution is 0.413. The highest BCUT2D eigenvalue weighted by Crippen LogP contribution is 2.25. The average Bonchev–Trinajstić information content (AvgIpc) is 2.52. The first-order chi connectivity index (χ1) is 10.1. The smallest absolute Gasteiger partial charge is 0.118 e. The Labute approximate surface area is 135 Å². The molecule has 0 spiro atoms. The summed E-state index contributed by atoms with van der Waals surface area (Å²) in [5, 5.41) is 3.70. The van der Waals surface area contributed by atoms with Crippen molar-refractivity contribution in [2.45, 2.75) is 32.4 Å². The van der Waals surface area contributed by atoms with Crippen LogP contribution in [0.1, 0.15) is 43.5 Å². The normalized spacial score (nSPS) is 13.7. The number of methoxy groups -OCH3 is 1. The van der Waals surface area contributed by atoms with E-state index in [0.29, 0.717) is 12.1 Å². The van der Waals surface area contributed by atoms with E-state index in [1.807, 2.05) is 12.1 Å².